The number of nitrogens with zero attached hydrogens (tertiary/aromatic N) is 5. The van der Waals surface area contributed by atoms with Crippen LogP contribution in [-0.2, 0) is 11.3 Å². The van der Waals surface area contributed by atoms with Crippen molar-refractivity contribution in [3.63, 3.8) is 0 Å². The van der Waals surface area contributed by atoms with Crippen molar-refractivity contribution in [2.75, 3.05) is 38.3 Å². The summed E-state index contributed by atoms with van der Waals surface area (Å²) in [5.41, 5.74) is 2.17. The zero-order valence-corrected chi connectivity index (χ0v) is 13.7. The van der Waals surface area contributed by atoms with Crippen LogP contribution < -0.4 is 4.90 Å². The van der Waals surface area contributed by atoms with Crippen LogP contribution in [0.25, 0.3) is 0 Å². The van der Waals surface area contributed by atoms with Gasteiger partial charge in [-0.2, -0.15) is 0 Å². The predicted molar refractivity (Wildman–Crippen MR) is 89.2 cm³/mol. The molecule has 0 bridgehead atoms. The van der Waals surface area contributed by atoms with E-state index in [4.69, 9.17) is 4.74 Å². The normalized spacial score (nSPS) is 16.6. The summed E-state index contributed by atoms with van der Waals surface area (Å²) in [6.07, 6.45) is 5.67. The SMILES string of the molecule is C[C@H](c1ccccn1)N(C)Cc1cnc(N2CCOCC2)nc1. The van der Waals surface area contributed by atoms with Gasteiger partial charge in [0.1, 0.15) is 0 Å². The molecule has 2 aromatic rings. The molecule has 23 heavy (non-hydrogen) atoms. The fourth-order valence-electron chi connectivity index (χ4n) is 2.63. The molecule has 1 aliphatic rings. The lowest BCUT2D eigenvalue weighted by atomic mass is 10.2. The third-order valence-corrected chi connectivity index (χ3v) is 4.19. The molecule has 1 fully saturated rings. The predicted octanol–water partition coefficient (Wildman–Crippen LogP) is 1.90. The van der Waals surface area contributed by atoms with Crippen LogP contribution in [0.1, 0.15) is 24.2 Å². The summed E-state index contributed by atoms with van der Waals surface area (Å²) in [6, 6.07) is 6.26. The second-order valence-corrected chi connectivity index (χ2v) is 5.84. The smallest absolute Gasteiger partial charge is 0.225 e. The molecule has 0 saturated carbocycles. The Morgan fingerprint density at radius 3 is 2.57 bits per heavy atom. The van der Waals surface area contributed by atoms with Crippen molar-refractivity contribution in [2.45, 2.75) is 19.5 Å². The number of pyridine rings is 1. The molecule has 0 aliphatic carbocycles. The molecule has 1 saturated heterocycles. The van der Waals surface area contributed by atoms with E-state index in [0.29, 0.717) is 0 Å². The number of hydrogen-bond acceptors (Lipinski definition) is 6. The first kappa shape index (κ1) is 15.8. The maximum Gasteiger partial charge on any atom is 0.225 e. The molecule has 6 heteroatoms. The quantitative estimate of drug-likeness (QED) is 0.840. The third-order valence-electron chi connectivity index (χ3n) is 4.19. The maximum absolute atomic E-state index is 5.36. The Bertz CT molecular complexity index is 598. The summed E-state index contributed by atoms with van der Waals surface area (Å²) >= 11 is 0. The molecule has 0 spiro atoms. The van der Waals surface area contributed by atoms with Crippen LogP contribution in [0.3, 0.4) is 0 Å². The molecular formula is C17H23N5O. The number of rotatable bonds is 5. The Kier molecular flexibility index (Phi) is 5.15. The lowest BCUT2D eigenvalue weighted by molar-refractivity contribution is 0.122. The average Bonchev–Trinajstić information content (AvgIpc) is 2.63. The van der Waals surface area contributed by atoms with Crippen LogP contribution in [0.4, 0.5) is 5.95 Å². The van der Waals surface area contributed by atoms with Crippen LogP contribution in [0, 0.1) is 0 Å². The Morgan fingerprint density at radius 2 is 1.91 bits per heavy atom. The summed E-state index contributed by atoms with van der Waals surface area (Å²) in [6.45, 7) is 6.16. The molecule has 1 aliphatic heterocycles. The van der Waals surface area contributed by atoms with E-state index in [9.17, 15) is 0 Å². The first-order valence-electron chi connectivity index (χ1n) is 7.99. The highest BCUT2D eigenvalue weighted by molar-refractivity contribution is 5.30. The van der Waals surface area contributed by atoms with E-state index in [-0.39, 0.29) is 6.04 Å². The van der Waals surface area contributed by atoms with Crippen LogP contribution in [0.15, 0.2) is 36.8 Å². The van der Waals surface area contributed by atoms with Gasteiger partial charge in [0, 0.05) is 49.8 Å². The highest BCUT2D eigenvalue weighted by Crippen LogP contribution is 2.18. The number of anilines is 1. The van der Waals surface area contributed by atoms with Gasteiger partial charge in [-0.3, -0.25) is 9.88 Å². The van der Waals surface area contributed by atoms with Gasteiger partial charge in [-0.15, -0.1) is 0 Å². The van der Waals surface area contributed by atoms with Crippen LogP contribution >= 0.6 is 0 Å². The minimum Gasteiger partial charge on any atom is -0.378 e. The summed E-state index contributed by atoms with van der Waals surface area (Å²) < 4.78 is 5.36. The van der Waals surface area contributed by atoms with Crippen molar-refractivity contribution in [3.8, 4) is 0 Å². The minimum absolute atomic E-state index is 0.245. The van der Waals surface area contributed by atoms with Crippen LogP contribution in [0.5, 0.6) is 0 Å². The van der Waals surface area contributed by atoms with E-state index in [1.165, 1.54) is 0 Å². The number of aromatic nitrogens is 3. The molecule has 0 aromatic carbocycles. The molecule has 0 unspecified atom stereocenters. The van der Waals surface area contributed by atoms with Crippen molar-refractivity contribution < 1.29 is 4.74 Å². The zero-order valence-electron chi connectivity index (χ0n) is 13.7. The fourth-order valence-corrected chi connectivity index (χ4v) is 2.63. The Balaban J connectivity index is 1.61. The van der Waals surface area contributed by atoms with Gasteiger partial charge in [0.2, 0.25) is 5.95 Å². The van der Waals surface area contributed by atoms with Gasteiger partial charge in [0.15, 0.2) is 0 Å². The van der Waals surface area contributed by atoms with Gasteiger partial charge in [-0.1, -0.05) is 6.07 Å². The van der Waals surface area contributed by atoms with E-state index >= 15 is 0 Å². The third kappa shape index (κ3) is 4.03. The minimum atomic E-state index is 0.245. The zero-order chi connectivity index (χ0) is 16.1. The maximum atomic E-state index is 5.36. The molecule has 0 radical (unpaired) electrons. The highest BCUT2D eigenvalue weighted by atomic mass is 16.5. The number of hydrogen-bond donors (Lipinski definition) is 0. The molecule has 0 amide bonds. The van der Waals surface area contributed by atoms with Gasteiger partial charge in [-0.25, -0.2) is 9.97 Å². The lowest BCUT2D eigenvalue weighted by Crippen LogP contribution is -2.37. The molecule has 1 atom stereocenters. The molecular weight excluding hydrogens is 290 g/mol. The van der Waals surface area contributed by atoms with Gasteiger partial charge in [0.05, 0.1) is 18.9 Å². The molecule has 0 N–H and O–H groups in total. The van der Waals surface area contributed by atoms with Crippen molar-refractivity contribution in [1.29, 1.82) is 0 Å². The standard InChI is InChI=1S/C17H23N5O/c1-14(16-5-3-4-6-18-16)21(2)13-15-11-19-17(20-12-15)22-7-9-23-10-8-22/h3-6,11-12,14H,7-10,13H2,1-2H3/t14-/m1/s1. The number of morpholine rings is 1. The topological polar surface area (TPSA) is 54.4 Å². The van der Waals surface area contributed by atoms with Crippen molar-refractivity contribution in [1.82, 2.24) is 19.9 Å². The fraction of sp³-hybridized carbons (Fsp3) is 0.471. The van der Waals surface area contributed by atoms with E-state index in [1.54, 1.807) is 0 Å². The summed E-state index contributed by atoms with van der Waals surface area (Å²) in [4.78, 5) is 17.8. The average molecular weight is 313 g/mol. The van der Waals surface area contributed by atoms with Gasteiger partial charge >= 0.3 is 0 Å². The van der Waals surface area contributed by atoms with Crippen molar-refractivity contribution in [2.24, 2.45) is 0 Å². The van der Waals surface area contributed by atoms with E-state index < -0.39 is 0 Å². The second-order valence-electron chi connectivity index (χ2n) is 5.84. The van der Waals surface area contributed by atoms with E-state index in [1.807, 2.05) is 30.7 Å². The molecule has 6 nitrogen and oxygen atoms in total. The van der Waals surface area contributed by atoms with Crippen molar-refractivity contribution >= 4 is 5.95 Å². The Hall–Kier alpha value is -2.05. The monoisotopic (exact) mass is 313 g/mol. The first-order chi connectivity index (χ1) is 11.2. The summed E-state index contributed by atoms with van der Waals surface area (Å²) in [7, 11) is 2.09. The summed E-state index contributed by atoms with van der Waals surface area (Å²) in [5.74, 6) is 0.789. The molecule has 2 aromatic heterocycles. The number of ether oxygens (including phenoxy) is 1. The van der Waals surface area contributed by atoms with Gasteiger partial charge in [-0.05, 0) is 26.1 Å². The second kappa shape index (κ2) is 7.48. The van der Waals surface area contributed by atoms with Crippen LogP contribution in [-0.4, -0.2) is 53.2 Å². The van der Waals surface area contributed by atoms with Gasteiger partial charge < -0.3 is 9.64 Å². The largest absolute Gasteiger partial charge is 0.378 e. The van der Waals surface area contributed by atoms with Crippen molar-refractivity contribution in [3.05, 3.63) is 48.0 Å². The van der Waals surface area contributed by atoms with Crippen LogP contribution in [0.2, 0.25) is 0 Å². The van der Waals surface area contributed by atoms with E-state index in [2.05, 4.69) is 44.8 Å². The van der Waals surface area contributed by atoms with Gasteiger partial charge in [0.25, 0.3) is 0 Å². The van der Waals surface area contributed by atoms with E-state index in [0.717, 1.165) is 50.1 Å². The highest BCUT2D eigenvalue weighted by Gasteiger charge is 2.15. The molecule has 3 rings (SSSR count). The lowest BCUT2D eigenvalue weighted by Gasteiger charge is -2.27. The Morgan fingerprint density at radius 1 is 1.17 bits per heavy atom. The summed E-state index contributed by atoms with van der Waals surface area (Å²) in [5, 5.41) is 0. The first-order valence-corrected chi connectivity index (χ1v) is 7.99. The Labute approximate surface area is 137 Å². The molecule has 122 valence electrons. The molecule has 3 heterocycles.